The largest absolute Gasteiger partial charge is 0.492 e. The standard InChI is InChI=1S/C30H33FN6O2.C26H25FN6O/c31-28-9-8-25(39-19-16-36-14-17-38-18-15-36)20-27(28)26-3-1-2-22-21-33-30(35-29(22)26)34-23-4-6-24(7-5-23)37-12-10-32-11-13-37;1-17(34)30-20-7-10-24(27)23(15-20)22-4-2-3-18-16-29-26(32-25(18)22)31-19-5-8-21(9-6-19)33-13-11-28-12-14-33/h1-9,20-21,32H,10-19H2,(H,33,34,35);2-10,15-16,28H,11-14H2,1H3,(H,30,34)(H,29,31,32). The van der Waals surface area contributed by atoms with Gasteiger partial charge in [0.05, 0.1) is 24.2 Å². The van der Waals surface area contributed by atoms with Crippen molar-refractivity contribution in [1.29, 1.82) is 0 Å². The fourth-order valence-corrected chi connectivity index (χ4v) is 9.21. The Balaban J connectivity index is 0.000000169. The number of amides is 1. The van der Waals surface area contributed by atoms with Crippen LogP contribution in [0.1, 0.15) is 6.92 Å². The van der Waals surface area contributed by atoms with Crippen molar-refractivity contribution in [3.8, 4) is 28.0 Å². The number of fused-ring (bicyclic) bond motifs is 2. The van der Waals surface area contributed by atoms with E-state index in [0.717, 1.165) is 107 Å². The Bertz CT molecular complexity index is 3160. The molecule has 0 radical (unpaired) electrons. The zero-order valence-electron chi connectivity index (χ0n) is 40.7. The molecule has 8 aromatic rings. The Hall–Kier alpha value is -7.83. The molecule has 5 heterocycles. The summed E-state index contributed by atoms with van der Waals surface area (Å²) in [5, 5.41) is 17.6. The molecule has 0 unspecified atom stereocenters. The van der Waals surface area contributed by atoms with Crippen LogP contribution in [0.15, 0.2) is 134 Å². The first-order valence-corrected chi connectivity index (χ1v) is 24.8. The molecule has 3 fully saturated rings. The normalized spacial score (nSPS) is 15.1. The Labute approximate surface area is 423 Å². The van der Waals surface area contributed by atoms with Crippen LogP contribution in [-0.4, -0.2) is 123 Å². The summed E-state index contributed by atoms with van der Waals surface area (Å²) in [5.74, 6) is 0.593. The van der Waals surface area contributed by atoms with Gasteiger partial charge in [0, 0.05) is 153 Å². The van der Waals surface area contributed by atoms with E-state index in [1.165, 1.54) is 36.5 Å². The number of aromatic nitrogens is 4. The number of para-hydroxylation sites is 2. The van der Waals surface area contributed by atoms with Crippen molar-refractivity contribution in [3.05, 3.63) is 145 Å². The van der Waals surface area contributed by atoms with Crippen molar-refractivity contribution in [2.75, 3.05) is 118 Å². The molecule has 374 valence electrons. The molecule has 0 aliphatic carbocycles. The van der Waals surface area contributed by atoms with Crippen molar-refractivity contribution >= 4 is 68.0 Å². The molecule has 17 heteroatoms. The highest BCUT2D eigenvalue weighted by atomic mass is 19.1. The van der Waals surface area contributed by atoms with Gasteiger partial charge in [0.2, 0.25) is 17.8 Å². The van der Waals surface area contributed by atoms with Crippen LogP contribution in [0.5, 0.6) is 5.75 Å². The lowest BCUT2D eigenvalue weighted by Gasteiger charge is -2.29. The molecule has 3 aliphatic heterocycles. The van der Waals surface area contributed by atoms with Gasteiger partial charge >= 0.3 is 0 Å². The van der Waals surface area contributed by atoms with Gasteiger partial charge in [-0.05, 0) is 84.9 Å². The quantitative estimate of drug-likeness (QED) is 0.0747. The molecule has 73 heavy (non-hydrogen) atoms. The maximum Gasteiger partial charge on any atom is 0.227 e. The summed E-state index contributed by atoms with van der Waals surface area (Å²) in [7, 11) is 0. The number of nitrogens with one attached hydrogen (secondary N) is 5. The van der Waals surface area contributed by atoms with Crippen LogP contribution in [0, 0.1) is 11.6 Å². The molecule has 5 N–H and O–H groups in total. The fraction of sp³-hybridized carbons (Fsp3) is 0.268. The zero-order chi connectivity index (χ0) is 49.9. The molecule has 0 saturated carbocycles. The van der Waals surface area contributed by atoms with Crippen LogP contribution in [0.4, 0.5) is 49.1 Å². The summed E-state index contributed by atoms with van der Waals surface area (Å²) >= 11 is 0. The van der Waals surface area contributed by atoms with Crippen LogP contribution >= 0.6 is 0 Å². The summed E-state index contributed by atoms with van der Waals surface area (Å²) in [6.07, 6.45) is 3.49. The van der Waals surface area contributed by atoms with E-state index in [1.54, 1.807) is 30.6 Å². The average Bonchev–Trinajstić information content (AvgIpc) is 3.43. The summed E-state index contributed by atoms with van der Waals surface area (Å²) in [5.41, 5.74) is 8.11. The molecule has 15 nitrogen and oxygen atoms in total. The van der Waals surface area contributed by atoms with Crippen LogP contribution < -0.4 is 41.1 Å². The maximum absolute atomic E-state index is 15.1. The second-order valence-electron chi connectivity index (χ2n) is 18.0. The first-order valence-electron chi connectivity index (χ1n) is 24.8. The van der Waals surface area contributed by atoms with Crippen molar-refractivity contribution in [2.24, 2.45) is 0 Å². The molecule has 3 aliphatic rings. The van der Waals surface area contributed by atoms with Gasteiger partial charge < -0.3 is 45.9 Å². The molecular weight excluding hydrogens is 927 g/mol. The van der Waals surface area contributed by atoms with Crippen molar-refractivity contribution in [3.63, 3.8) is 0 Å². The number of morpholine rings is 1. The number of carbonyl (C=O) groups is 1. The second kappa shape index (κ2) is 23.2. The van der Waals surface area contributed by atoms with Crippen molar-refractivity contribution < 1.29 is 23.0 Å². The number of rotatable bonds is 13. The third kappa shape index (κ3) is 12.3. The maximum atomic E-state index is 15.1. The van der Waals surface area contributed by atoms with Crippen LogP contribution in [0.3, 0.4) is 0 Å². The fourth-order valence-electron chi connectivity index (χ4n) is 9.21. The number of ether oxygens (including phenoxy) is 2. The van der Waals surface area contributed by atoms with Gasteiger partial charge in [0.15, 0.2) is 0 Å². The van der Waals surface area contributed by atoms with E-state index < -0.39 is 5.82 Å². The first kappa shape index (κ1) is 48.8. The Kier molecular flexibility index (Phi) is 15.5. The molecular formula is C56H58F2N12O3. The smallest absolute Gasteiger partial charge is 0.227 e. The molecule has 2 aromatic heterocycles. The minimum absolute atomic E-state index is 0.215. The van der Waals surface area contributed by atoms with E-state index >= 15 is 4.39 Å². The molecule has 3 saturated heterocycles. The Morgan fingerprint density at radius 1 is 0.603 bits per heavy atom. The minimum atomic E-state index is -0.391. The summed E-state index contributed by atoms with van der Waals surface area (Å²) in [4.78, 5) is 36.9. The number of carbonyl (C=O) groups excluding carboxylic acids is 1. The monoisotopic (exact) mass is 984 g/mol. The second-order valence-corrected chi connectivity index (χ2v) is 18.0. The lowest BCUT2D eigenvalue weighted by atomic mass is 10.0. The van der Waals surface area contributed by atoms with Gasteiger partial charge in [-0.1, -0.05) is 36.4 Å². The molecule has 0 bridgehead atoms. The number of hydrogen-bond donors (Lipinski definition) is 5. The predicted octanol–water partition coefficient (Wildman–Crippen LogP) is 8.85. The Morgan fingerprint density at radius 3 is 1.62 bits per heavy atom. The third-order valence-electron chi connectivity index (χ3n) is 13.0. The summed E-state index contributed by atoms with van der Waals surface area (Å²) < 4.78 is 41.3. The number of piperazine rings is 2. The molecule has 0 atom stereocenters. The number of halogens is 2. The van der Waals surface area contributed by atoms with E-state index in [2.05, 4.69) is 75.5 Å². The van der Waals surface area contributed by atoms with Crippen LogP contribution in [0.2, 0.25) is 0 Å². The lowest BCUT2D eigenvalue weighted by molar-refractivity contribution is -0.114. The summed E-state index contributed by atoms with van der Waals surface area (Å²) in [6, 6.07) is 37.1. The third-order valence-corrected chi connectivity index (χ3v) is 13.0. The van der Waals surface area contributed by atoms with Crippen LogP contribution in [-0.2, 0) is 9.53 Å². The highest BCUT2D eigenvalue weighted by Crippen LogP contribution is 2.34. The molecule has 11 rings (SSSR count). The Morgan fingerprint density at radius 2 is 1.10 bits per heavy atom. The minimum Gasteiger partial charge on any atom is -0.492 e. The van der Waals surface area contributed by atoms with Gasteiger partial charge in [0.25, 0.3) is 0 Å². The van der Waals surface area contributed by atoms with Gasteiger partial charge in [0.1, 0.15) is 24.0 Å². The summed E-state index contributed by atoms with van der Waals surface area (Å²) in [6.45, 7) is 14.0. The first-order chi connectivity index (χ1) is 35.8. The lowest BCUT2D eigenvalue weighted by Crippen LogP contribution is -2.43. The number of benzene rings is 6. The average molecular weight is 985 g/mol. The number of nitrogens with zero attached hydrogens (tertiary/aromatic N) is 7. The van der Waals surface area contributed by atoms with E-state index in [0.29, 0.717) is 63.2 Å². The SMILES string of the molecule is CC(=O)Nc1ccc(F)c(-c2cccc3cnc(Nc4ccc(N5CCNCC5)cc4)nc23)c1.Fc1ccc(OCCN2CCOCC2)cc1-c1cccc2cnc(Nc3ccc(N4CCNCC4)cc3)nc12. The van der Waals surface area contributed by atoms with Crippen LogP contribution in [0.25, 0.3) is 44.1 Å². The topological polar surface area (TPSA) is 157 Å². The predicted molar refractivity (Wildman–Crippen MR) is 287 cm³/mol. The van der Waals surface area contributed by atoms with Gasteiger partial charge in [-0.2, -0.15) is 0 Å². The van der Waals surface area contributed by atoms with Crippen molar-refractivity contribution in [2.45, 2.75) is 6.92 Å². The molecule has 6 aromatic carbocycles. The van der Waals surface area contributed by atoms with Gasteiger partial charge in [-0.25, -0.2) is 28.7 Å². The zero-order valence-corrected chi connectivity index (χ0v) is 40.7. The van der Waals surface area contributed by atoms with E-state index in [4.69, 9.17) is 19.4 Å². The number of hydrogen-bond acceptors (Lipinski definition) is 14. The van der Waals surface area contributed by atoms with Gasteiger partial charge in [-0.3, -0.25) is 9.69 Å². The van der Waals surface area contributed by atoms with Crippen molar-refractivity contribution in [1.82, 2.24) is 35.5 Å². The van der Waals surface area contributed by atoms with E-state index in [1.807, 2.05) is 60.7 Å². The van der Waals surface area contributed by atoms with Gasteiger partial charge in [-0.15, -0.1) is 0 Å². The van der Waals surface area contributed by atoms with E-state index in [-0.39, 0.29) is 11.7 Å². The molecule has 1 amide bonds. The number of anilines is 7. The highest BCUT2D eigenvalue weighted by molar-refractivity contribution is 5.96. The van der Waals surface area contributed by atoms with E-state index in [9.17, 15) is 9.18 Å². The molecule has 0 spiro atoms. The highest BCUT2D eigenvalue weighted by Gasteiger charge is 2.17.